The molecule has 0 aromatic heterocycles. The number of nitrogens with zero attached hydrogens (tertiary/aromatic N) is 2. The van der Waals surface area contributed by atoms with Crippen LogP contribution in [-0.2, 0) is 13.1 Å². The van der Waals surface area contributed by atoms with Crippen LogP contribution >= 0.6 is 0 Å². The molecule has 3 amide bonds. The fourth-order valence-electron chi connectivity index (χ4n) is 3.38. The van der Waals surface area contributed by atoms with Crippen molar-refractivity contribution < 1.29 is 14.4 Å². The summed E-state index contributed by atoms with van der Waals surface area (Å²) in [5.74, 6) is -1.13. The summed E-state index contributed by atoms with van der Waals surface area (Å²) >= 11 is 0. The number of hydrogen-bond donors (Lipinski definition) is 1. The first-order valence-electron chi connectivity index (χ1n) is 9.38. The Kier molecular flexibility index (Phi) is 5.10. The number of nitriles is 1. The SMILES string of the molecule is N#Cc1cccc(CNC(=O)c2ccc3c(c2)C(=O)N(Cc2ccccc2)C3=O)c1. The first-order chi connectivity index (χ1) is 14.6. The molecule has 0 atom stereocenters. The van der Waals surface area contributed by atoms with E-state index in [1.165, 1.54) is 23.1 Å². The minimum atomic E-state index is -0.407. The molecule has 1 N–H and O–H groups in total. The van der Waals surface area contributed by atoms with Crippen LogP contribution in [0.3, 0.4) is 0 Å². The van der Waals surface area contributed by atoms with E-state index in [2.05, 4.69) is 11.4 Å². The number of carbonyl (C=O) groups excluding carboxylic acids is 3. The lowest BCUT2D eigenvalue weighted by Gasteiger charge is -2.13. The molecule has 1 heterocycles. The predicted molar refractivity (Wildman–Crippen MR) is 109 cm³/mol. The molecule has 0 fully saturated rings. The van der Waals surface area contributed by atoms with Crippen LogP contribution in [-0.4, -0.2) is 22.6 Å². The second-order valence-electron chi connectivity index (χ2n) is 6.94. The van der Waals surface area contributed by atoms with Gasteiger partial charge >= 0.3 is 0 Å². The molecule has 0 unspecified atom stereocenters. The summed E-state index contributed by atoms with van der Waals surface area (Å²) in [5, 5.41) is 11.7. The lowest BCUT2D eigenvalue weighted by molar-refractivity contribution is 0.0642. The summed E-state index contributed by atoms with van der Waals surface area (Å²) in [7, 11) is 0. The summed E-state index contributed by atoms with van der Waals surface area (Å²) < 4.78 is 0. The van der Waals surface area contributed by atoms with E-state index in [1.54, 1.807) is 18.2 Å². The van der Waals surface area contributed by atoms with Crippen molar-refractivity contribution >= 4 is 17.7 Å². The van der Waals surface area contributed by atoms with Crippen molar-refractivity contribution in [3.8, 4) is 6.07 Å². The van der Waals surface area contributed by atoms with E-state index in [1.807, 2.05) is 36.4 Å². The fraction of sp³-hybridized carbons (Fsp3) is 0.0833. The van der Waals surface area contributed by atoms with Crippen molar-refractivity contribution in [1.82, 2.24) is 10.2 Å². The predicted octanol–water partition coefficient (Wildman–Crippen LogP) is 3.28. The normalized spacial score (nSPS) is 12.4. The number of carbonyl (C=O) groups is 3. The molecule has 6 heteroatoms. The molecule has 30 heavy (non-hydrogen) atoms. The van der Waals surface area contributed by atoms with Crippen LogP contribution in [0.1, 0.15) is 47.8 Å². The van der Waals surface area contributed by atoms with Crippen molar-refractivity contribution in [3.63, 3.8) is 0 Å². The zero-order valence-corrected chi connectivity index (χ0v) is 16.0. The van der Waals surface area contributed by atoms with E-state index in [9.17, 15) is 14.4 Å². The first kappa shape index (κ1) is 19.1. The highest BCUT2D eigenvalue weighted by Gasteiger charge is 2.35. The van der Waals surface area contributed by atoms with Gasteiger partial charge < -0.3 is 5.32 Å². The van der Waals surface area contributed by atoms with Crippen LogP contribution in [0.25, 0.3) is 0 Å². The Morgan fingerprint density at radius 3 is 2.37 bits per heavy atom. The summed E-state index contributed by atoms with van der Waals surface area (Å²) in [4.78, 5) is 39.2. The van der Waals surface area contributed by atoms with Gasteiger partial charge in [0.15, 0.2) is 0 Å². The van der Waals surface area contributed by atoms with E-state index in [-0.39, 0.29) is 30.5 Å². The van der Waals surface area contributed by atoms with Crippen molar-refractivity contribution in [2.45, 2.75) is 13.1 Å². The summed E-state index contributed by atoms with van der Waals surface area (Å²) in [6, 6.07) is 22.8. The maximum atomic E-state index is 12.8. The van der Waals surface area contributed by atoms with Gasteiger partial charge in [-0.15, -0.1) is 0 Å². The Bertz CT molecular complexity index is 1200. The molecule has 3 aromatic rings. The number of hydrogen-bond acceptors (Lipinski definition) is 4. The largest absolute Gasteiger partial charge is 0.348 e. The molecule has 1 aliphatic heterocycles. The molecular weight excluding hydrogens is 378 g/mol. The Labute approximate surface area is 173 Å². The van der Waals surface area contributed by atoms with Crippen molar-refractivity contribution in [2.24, 2.45) is 0 Å². The van der Waals surface area contributed by atoms with Gasteiger partial charge in [-0.3, -0.25) is 19.3 Å². The highest BCUT2D eigenvalue weighted by molar-refractivity contribution is 6.22. The third-order valence-electron chi connectivity index (χ3n) is 4.93. The van der Waals surface area contributed by atoms with Crippen LogP contribution in [0.5, 0.6) is 0 Å². The molecule has 3 aromatic carbocycles. The third-order valence-corrected chi connectivity index (χ3v) is 4.93. The van der Waals surface area contributed by atoms with Crippen LogP contribution in [0.15, 0.2) is 72.8 Å². The van der Waals surface area contributed by atoms with Gasteiger partial charge in [0.2, 0.25) is 0 Å². The van der Waals surface area contributed by atoms with Gasteiger partial charge in [-0.25, -0.2) is 0 Å². The molecule has 146 valence electrons. The average Bonchev–Trinajstić information content (AvgIpc) is 3.02. The monoisotopic (exact) mass is 395 g/mol. The minimum absolute atomic E-state index is 0.184. The molecule has 1 aliphatic rings. The molecule has 0 aliphatic carbocycles. The minimum Gasteiger partial charge on any atom is -0.348 e. The van der Waals surface area contributed by atoms with Gasteiger partial charge in [0.1, 0.15) is 0 Å². The first-order valence-corrected chi connectivity index (χ1v) is 9.38. The maximum Gasteiger partial charge on any atom is 0.261 e. The lowest BCUT2D eigenvalue weighted by atomic mass is 10.1. The van der Waals surface area contributed by atoms with Gasteiger partial charge in [-0.05, 0) is 41.5 Å². The zero-order valence-electron chi connectivity index (χ0n) is 16.0. The molecule has 0 spiro atoms. The van der Waals surface area contributed by atoms with E-state index in [0.29, 0.717) is 16.7 Å². The number of rotatable bonds is 5. The molecule has 4 rings (SSSR count). The Morgan fingerprint density at radius 1 is 0.867 bits per heavy atom. The van der Waals surface area contributed by atoms with E-state index < -0.39 is 5.91 Å². The van der Waals surface area contributed by atoms with E-state index in [4.69, 9.17) is 5.26 Å². The Hall–Kier alpha value is -4.24. The Balaban J connectivity index is 1.49. The van der Waals surface area contributed by atoms with Gasteiger partial charge in [0, 0.05) is 12.1 Å². The second kappa shape index (κ2) is 8.02. The molecule has 0 saturated heterocycles. The quantitative estimate of drug-likeness (QED) is 0.671. The highest BCUT2D eigenvalue weighted by atomic mass is 16.2. The Morgan fingerprint density at radius 2 is 1.60 bits per heavy atom. The standard InChI is InChI=1S/C24H17N3O3/c25-13-17-7-4-8-18(11-17)14-26-22(28)19-9-10-20-21(12-19)24(30)27(23(20)29)15-16-5-2-1-3-6-16/h1-12H,14-15H2,(H,26,28). The van der Waals surface area contributed by atoms with Gasteiger partial charge in [0.25, 0.3) is 17.7 Å². The smallest absolute Gasteiger partial charge is 0.261 e. The van der Waals surface area contributed by atoms with Crippen LogP contribution < -0.4 is 5.32 Å². The lowest BCUT2D eigenvalue weighted by Crippen LogP contribution is -2.29. The summed E-state index contributed by atoms with van der Waals surface area (Å²) in [5.41, 5.74) is 2.99. The van der Waals surface area contributed by atoms with Crippen LogP contribution in [0.4, 0.5) is 0 Å². The number of nitrogens with one attached hydrogen (secondary N) is 1. The molecule has 0 saturated carbocycles. The van der Waals surface area contributed by atoms with Crippen LogP contribution in [0, 0.1) is 11.3 Å². The number of benzene rings is 3. The summed E-state index contributed by atoms with van der Waals surface area (Å²) in [6.45, 7) is 0.433. The zero-order chi connectivity index (χ0) is 21.1. The molecule has 6 nitrogen and oxygen atoms in total. The molecule has 0 radical (unpaired) electrons. The second-order valence-corrected chi connectivity index (χ2v) is 6.94. The van der Waals surface area contributed by atoms with Gasteiger partial charge in [-0.1, -0.05) is 42.5 Å². The van der Waals surface area contributed by atoms with Crippen molar-refractivity contribution in [2.75, 3.05) is 0 Å². The molecule has 0 bridgehead atoms. The average molecular weight is 395 g/mol. The third kappa shape index (κ3) is 3.69. The molecular formula is C24H17N3O3. The van der Waals surface area contributed by atoms with Gasteiger partial charge in [0.05, 0.1) is 29.3 Å². The topological polar surface area (TPSA) is 90.3 Å². The number of amides is 3. The maximum absolute atomic E-state index is 12.8. The van der Waals surface area contributed by atoms with Crippen LogP contribution in [0.2, 0.25) is 0 Å². The highest BCUT2D eigenvalue weighted by Crippen LogP contribution is 2.25. The van der Waals surface area contributed by atoms with Crippen molar-refractivity contribution in [1.29, 1.82) is 5.26 Å². The number of fused-ring (bicyclic) bond motifs is 1. The fourth-order valence-corrected chi connectivity index (χ4v) is 3.38. The summed E-state index contributed by atoms with van der Waals surface area (Å²) in [6.07, 6.45) is 0. The van der Waals surface area contributed by atoms with E-state index >= 15 is 0 Å². The van der Waals surface area contributed by atoms with Gasteiger partial charge in [-0.2, -0.15) is 5.26 Å². The van der Waals surface area contributed by atoms with Crippen molar-refractivity contribution in [3.05, 3.63) is 106 Å². The van der Waals surface area contributed by atoms with E-state index in [0.717, 1.165) is 11.1 Å². The number of imide groups is 1.